The Morgan fingerprint density at radius 2 is 1.78 bits per heavy atom. The molecule has 0 bridgehead atoms. The summed E-state index contributed by atoms with van der Waals surface area (Å²) in [6.07, 6.45) is -11.2. The molecule has 0 aromatic carbocycles. The van der Waals surface area contributed by atoms with E-state index in [1.165, 1.54) is 6.20 Å². The van der Waals surface area contributed by atoms with Crippen molar-refractivity contribution in [1.29, 1.82) is 0 Å². The number of aliphatic hydroxyl groups excluding tert-OH is 8. The van der Waals surface area contributed by atoms with E-state index in [1.807, 2.05) is 0 Å². The molecule has 0 aliphatic carbocycles. The Labute approximate surface area is 257 Å². The lowest BCUT2D eigenvalue weighted by atomic mass is 9.87. The lowest BCUT2D eigenvalue weighted by molar-refractivity contribution is -0.258. The van der Waals surface area contributed by atoms with Crippen LogP contribution in [0.2, 0.25) is 0 Å². The molecule has 45 heavy (non-hydrogen) atoms. The second-order valence-corrected chi connectivity index (χ2v) is 11.3. The molecule has 19 heteroatoms. The van der Waals surface area contributed by atoms with Gasteiger partial charge in [-0.25, -0.2) is 9.48 Å². The van der Waals surface area contributed by atoms with Crippen molar-refractivity contribution in [1.82, 2.24) is 25.6 Å². The average Bonchev–Trinajstić information content (AvgIpc) is 3.48. The molecule has 0 radical (unpaired) electrons. The molecule has 2 aliphatic heterocycles. The Bertz CT molecular complexity index is 1140. The summed E-state index contributed by atoms with van der Waals surface area (Å²) in [7, 11) is 0. The van der Waals surface area contributed by atoms with Crippen molar-refractivity contribution in [3.63, 3.8) is 0 Å². The molecule has 256 valence electrons. The highest BCUT2D eigenvalue weighted by molar-refractivity contribution is 5.76. The van der Waals surface area contributed by atoms with Crippen LogP contribution in [-0.2, 0) is 36.0 Å². The van der Waals surface area contributed by atoms with Gasteiger partial charge in [0.05, 0.1) is 43.4 Å². The van der Waals surface area contributed by atoms with E-state index in [2.05, 4.69) is 20.9 Å². The highest BCUT2D eigenvalue weighted by Gasteiger charge is 2.56. The van der Waals surface area contributed by atoms with Gasteiger partial charge in [0.15, 0.2) is 0 Å². The van der Waals surface area contributed by atoms with Crippen LogP contribution in [-0.4, -0.2) is 159 Å². The minimum Gasteiger partial charge on any atom is -0.478 e. The molecule has 1 aromatic heterocycles. The predicted octanol–water partition coefficient (Wildman–Crippen LogP) is -5.55. The molecule has 3 rings (SSSR count). The summed E-state index contributed by atoms with van der Waals surface area (Å²) in [4.78, 5) is 36.4. The summed E-state index contributed by atoms with van der Waals surface area (Å²) in [5, 5.41) is 103. The number of carboxylic acids is 1. The van der Waals surface area contributed by atoms with Gasteiger partial charge in [-0.05, 0) is 25.7 Å². The summed E-state index contributed by atoms with van der Waals surface area (Å²) in [5.41, 5.74) is -2.06. The highest BCUT2D eigenvalue weighted by Crippen LogP contribution is 2.36. The highest BCUT2D eigenvalue weighted by atomic mass is 16.6. The molecule has 0 spiro atoms. The van der Waals surface area contributed by atoms with Crippen molar-refractivity contribution in [3.8, 4) is 0 Å². The van der Waals surface area contributed by atoms with E-state index in [0.717, 1.165) is 11.6 Å². The van der Waals surface area contributed by atoms with E-state index in [9.17, 15) is 60.3 Å². The summed E-state index contributed by atoms with van der Waals surface area (Å²) < 4.78 is 12.0. The molecular weight excluding hydrogens is 606 g/mol. The van der Waals surface area contributed by atoms with Crippen LogP contribution in [0.1, 0.15) is 44.7 Å². The second kappa shape index (κ2) is 16.1. The second-order valence-electron chi connectivity index (χ2n) is 11.3. The predicted molar refractivity (Wildman–Crippen MR) is 147 cm³/mol. The number of nitrogens with zero attached hydrogens (tertiary/aromatic N) is 3. The van der Waals surface area contributed by atoms with Crippen molar-refractivity contribution < 1.29 is 69.8 Å². The minimum absolute atomic E-state index is 0.104. The Hall–Kier alpha value is -2.85. The van der Waals surface area contributed by atoms with Crippen LogP contribution in [0.4, 0.5) is 0 Å². The first kappa shape index (κ1) is 36.6. The zero-order valence-electron chi connectivity index (χ0n) is 24.6. The maximum atomic E-state index is 12.5. The van der Waals surface area contributed by atoms with Crippen molar-refractivity contribution >= 4 is 17.8 Å². The monoisotopic (exact) mass is 649 g/mol. The van der Waals surface area contributed by atoms with E-state index in [-0.39, 0.29) is 31.7 Å². The number of rotatable bonds is 15. The molecule has 0 unspecified atom stereocenters. The minimum atomic E-state index is -2.39. The van der Waals surface area contributed by atoms with Crippen LogP contribution >= 0.6 is 0 Å². The first-order valence-corrected chi connectivity index (χ1v) is 14.6. The number of aliphatic hydroxyl groups is 8. The normalized spacial score (nSPS) is 33.3. The standard InChI is InChI=1S/C26H43N5O14/c1-12(34)28-19-14(35)8-26(25(42)43,45-24(19)20(38)15(36)10-32)31-9-13(29-30-31)4-2-3-5-18(37)27-7-6-16-21(39)23(41)22(40)17(11-33)44-16/h9,14-17,19-24,32-33,35-36,38-41H,2-8,10-11H2,1H3,(H,27,37)(H,28,34)(H,42,43)/t14-,15+,16-,17+,19+,20+,21-,22-,23+,24+,26+/m0/s1. The zero-order chi connectivity index (χ0) is 33.5. The maximum Gasteiger partial charge on any atom is 0.359 e. The summed E-state index contributed by atoms with van der Waals surface area (Å²) >= 11 is 0. The topological polar surface area (TPSA) is 307 Å². The van der Waals surface area contributed by atoms with Gasteiger partial charge in [0, 0.05) is 26.3 Å². The molecule has 2 saturated heterocycles. The Balaban J connectivity index is 1.54. The lowest BCUT2D eigenvalue weighted by Gasteiger charge is -2.46. The quantitative estimate of drug-likeness (QED) is 0.0789. The third-order valence-electron chi connectivity index (χ3n) is 7.95. The van der Waals surface area contributed by atoms with Gasteiger partial charge in [-0.15, -0.1) is 5.10 Å². The van der Waals surface area contributed by atoms with E-state index < -0.39 is 98.2 Å². The van der Waals surface area contributed by atoms with Crippen molar-refractivity contribution in [2.24, 2.45) is 0 Å². The third kappa shape index (κ3) is 8.70. The largest absolute Gasteiger partial charge is 0.478 e. The van der Waals surface area contributed by atoms with Gasteiger partial charge in [-0.1, -0.05) is 5.21 Å². The van der Waals surface area contributed by atoms with Crippen LogP contribution < -0.4 is 10.6 Å². The summed E-state index contributed by atoms with van der Waals surface area (Å²) in [6, 6.07) is -1.32. The average molecular weight is 650 g/mol. The fourth-order valence-electron chi connectivity index (χ4n) is 5.42. The van der Waals surface area contributed by atoms with Crippen LogP contribution in [0.5, 0.6) is 0 Å². The molecule has 2 amide bonds. The SMILES string of the molecule is CC(=O)N[C@H]1[C@H]([C@H](O)[C@H](O)CO)O[C@](C(=O)O)(n2cc(CCCCC(=O)NCC[C@@H]3O[C@H](CO)[C@H](O)[C@H](O)[C@H]3O)nn2)C[C@@H]1O. The third-order valence-corrected chi connectivity index (χ3v) is 7.95. The van der Waals surface area contributed by atoms with Gasteiger partial charge < -0.3 is 66.1 Å². The number of aliphatic carboxylic acids is 1. The first-order valence-electron chi connectivity index (χ1n) is 14.6. The Kier molecular flexibility index (Phi) is 13.1. The molecule has 0 saturated carbocycles. The molecule has 3 heterocycles. The molecule has 11 N–H and O–H groups in total. The number of aromatic nitrogens is 3. The first-order chi connectivity index (χ1) is 21.2. The maximum absolute atomic E-state index is 12.5. The van der Waals surface area contributed by atoms with E-state index in [0.29, 0.717) is 18.5 Å². The molecule has 11 atom stereocenters. The Morgan fingerprint density at radius 1 is 1.09 bits per heavy atom. The van der Waals surface area contributed by atoms with E-state index in [1.54, 1.807) is 0 Å². The van der Waals surface area contributed by atoms with Crippen molar-refractivity contribution in [2.45, 2.75) is 112 Å². The number of hydrogen-bond donors (Lipinski definition) is 11. The van der Waals surface area contributed by atoms with Crippen molar-refractivity contribution in [2.75, 3.05) is 19.8 Å². The van der Waals surface area contributed by atoms with E-state index >= 15 is 0 Å². The Morgan fingerprint density at radius 3 is 2.40 bits per heavy atom. The van der Waals surface area contributed by atoms with E-state index in [4.69, 9.17) is 9.47 Å². The van der Waals surface area contributed by atoms with Gasteiger partial charge in [0.2, 0.25) is 11.8 Å². The van der Waals surface area contributed by atoms with Gasteiger partial charge >= 0.3 is 5.97 Å². The number of unbranched alkanes of at least 4 members (excludes halogenated alkanes) is 1. The molecule has 2 fully saturated rings. The smallest absolute Gasteiger partial charge is 0.359 e. The number of carbonyl (C=O) groups is 3. The van der Waals surface area contributed by atoms with Gasteiger partial charge in [-0.3, -0.25) is 9.59 Å². The molecule has 1 aromatic rings. The van der Waals surface area contributed by atoms with Gasteiger partial charge in [-0.2, -0.15) is 0 Å². The lowest BCUT2D eigenvalue weighted by Crippen LogP contribution is -2.67. The number of nitrogens with one attached hydrogen (secondary N) is 2. The van der Waals surface area contributed by atoms with Crippen LogP contribution in [0.3, 0.4) is 0 Å². The number of carbonyl (C=O) groups excluding carboxylic acids is 2. The number of aryl methyl sites for hydroxylation is 1. The zero-order valence-corrected chi connectivity index (χ0v) is 24.6. The number of carboxylic acid groups (broad SMARTS) is 1. The fraction of sp³-hybridized carbons (Fsp3) is 0.808. The summed E-state index contributed by atoms with van der Waals surface area (Å²) in [5.74, 6) is -2.52. The van der Waals surface area contributed by atoms with Gasteiger partial charge in [0.25, 0.3) is 5.72 Å². The van der Waals surface area contributed by atoms with Crippen LogP contribution in [0, 0.1) is 0 Å². The van der Waals surface area contributed by atoms with Gasteiger partial charge in [0.1, 0.15) is 42.7 Å². The molecular formula is C26H43N5O14. The van der Waals surface area contributed by atoms with Crippen LogP contribution in [0.25, 0.3) is 0 Å². The number of hydrogen-bond acceptors (Lipinski definition) is 15. The molecule has 19 nitrogen and oxygen atoms in total. The fourth-order valence-corrected chi connectivity index (χ4v) is 5.42. The van der Waals surface area contributed by atoms with Crippen molar-refractivity contribution in [3.05, 3.63) is 11.9 Å². The van der Waals surface area contributed by atoms with Crippen LogP contribution in [0.15, 0.2) is 6.20 Å². The molecule has 2 aliphatic rings. The number of amides is 2. The summed E-state index contributed by atoms with van der Waals surface area (Å²) in [6.45, 7) is -0.221. The number of ether oxygens (including phenoxy) is 2.